The van der Waals surface area contributed by atoms with Crippen molar-refractivity contribution in [3.63, 3.8) is 0 Å². The van der Waals surface area contributed by atoms with Gasteiger partial charge in [0.2, 0.25) is 0 Å². The third-order valence-electron chi connectivity index (χ3n) is 1.51. The van der Waals surface area contributed by atoms with Gasteiger partial charge in [-0.3, -0.25) is 4.72 Å². The topological polar surface area (TPSA) is 82.1 Å². The van der Waals surface area contributed by atoms with Gasteiger partial charge < -0.3 is 4.55 Å². The molecule has 2 rings (SSSR count). The van der Waals surface area contributed by atoms with E-state index in [1.807, 2.05) is 6.07 Å². The fourth-order valence-electron chi connectivity index (χ4n) is 1.02. The van der Waals surface area contributed by atoms with Crippen molar-refractivity contribution in [1.82, 2.24) is 4.98 Å². The smallest absolute Gasteiger partial charge is 0.196 e. The lowest BCUT2D eigenvalue weighted by Crippen LogP contribution is -2.10. The molecular weight excluding hydrogens is 224 g/mol. The molecule has 1 aromatic heterocycles. The molecule has 0 spiro atoms. The van der Waals surface area contributed by atoms with E-state index in [1.54, 1.807) is 22.9 Å². The second-order valence-electron chi connectivity index (χ2n) is 2.54. The van der Waals surface area contributed by atoms with Gasteiger partial charge in [0.05, 0.1) is 10.2 Å². The predicted octanol–water partition coefficient (Wildman–Crippen LogP) is 1.17. The second-order valence-corrected chi connectivity index (χ2v) is 4.69. The highest BCUT2D eigenvalue weighted by molar-refractivity contribution is 7.87. The van der Waals surface area contributed by atoms with Gasteiger partial charge in [-0.2, -0.15) is 0 Å². The van der Waals surface area contributed by atoms with Crippen LogP contribution >= 0.6 is 11.3 Å². The van der Waals surface area contributed by atoms with E-state index in [9.17, 15) is 13.0 Å². The van der Waals surface area contributed by atoms with Crippen LogP contribution in [-0.4, -0.2) is 18.0 Å². The minimum atomic E-state index is -4.48. The predicted molar refractivity (Wildman–Crippen MR) is 52.9 cm³/mol. The van der Waals surface area contributed by atoms with Crippen molar-refractivity contribution >= 4 is 37.0 Å². The molecule has 0 aliphatic heterocycles. The Balaban J connectivity index is 2.46. The lowest BCUT2D eigenvalue weighted by molar-refractivity contribution is 0.469. The number of thiazole rings is 1. The Morgan fingerprint density at radius 2 is 2.07 bits per heavy atom. The number of nitrogens with zero attached hydrogens (tertiary/aromatic N) is 1. The van der Waals surface area contributed by atoms with Gasteiger partial charge in [0.25, 0.3) is 0 Å². The van der Waals surface area contributed by atoms with Crippen molar-refractivity contribution < 1.29 is 13.0 Å². The van der Waals surface area contributed by atoms with Gasteiger partial charge in [-0.05, 0) is 12.1 Å². The van der Waals surface area contributed by atoms with Crippen LogP contribution in [0.1, 0.15) is 0 Å². The van der Waals surface area contributed by atoms with Crippen LogP contribution in [0.4, 0.5) is 5.13 Å². The molecule has 0 unspecified atom stereocenters. The summed E-state index contributed by atoms with van der Waals surface area (Å²) in [5.41, 5.74) is 0.670. The molecule has 0 saturated carbocycles. The normalized spacial score (nSPS) is 11.8. The van der Waals surface area contributed by atoms with E-state index < -0.39 is 10.3 Å². The maximum atomic E-state index is 10.4. The van der Waals surface area contributed by atoms with Gasteiger partial charge in [-0.1, -0.05) is 23.5 Å². The number of anilines is 1. The molecule has 74 valence electrons. The van der Waals surface area contributed by atoms with Crippen LogP contribution in [0.25, 0.3) is 10.2 Å². The molecule has 0 aliphatic rings. The van der Waals surface area contributed by atoms with Crippen LogP contribution in [0.2, 0.25) is 0 Å². The summed E-state index contributed by atoms with van der Waals surface area (Å²) < 4.78 is 33.8. The summed E-state index contributed by atoms with van der Waals surface area (Å²) in [6, 6.07) is 7.15. The zero-order valence-electron chi connectivity index (χ0n) is 6.80. The number of para-hydroxylation sites is 1. The number of benzene rings is 1. The fourth-order valence-corrected chi connectivity index (χ4v) is 2.47. The van der Waals surface area contributed by atoms with Crippen LogP contribution in [0, 0.1) is 0 Å². The molecule has 1 heterocycles. The van der Waals surface area contributed by atoms with Gasteiger partial charge in [-0.15, -0.1) is 0 Å². The fraction of sp³-hybridized carbons (Fsp3) is 0. The SMILES string of the molecule is O=S(=O)([O-])Nc1nc2ccccc2s1. The Hall–Kier alpha value is -1.18. The van der Waals surface area contributed by atoms with E-state index in [-0.39, 0.29) is 5.13 Å². The van der Waals surface area contributed by atoms with E-state index in [1.165, 1.54) is 0 Å². The molecule has 0 radical (unpaired) electrons. The van der Waals surface area contributed by atoms with Gasteiger partial charge in [0.1, 0.15) is 0 Å². The van der Waals surface area contributed by atoms with Crippen molar-refractivity contribution in [3.8, 4) is 0 Å². The first-order valence-corrected chi connectivity index (χ1v) is 5.86. The lowest BCUT2D eigenvalue weighted by Gasteiger charge is -2.05. The average Bonchev–Trinajstić information content (AvgIpc) is 2.42. The quantitative estimate of drug-likeness (QED) is 0.783. The van der Waals surface area contributed by atoms with E-state index in [0.717, 1.165) is 16.0 Å². The van der Waals surface area contributed by atoms with E-state index in [2.05, 4.69) is 4.98 Å². The van der Waals surface area contributed by atoms with Gasteiger partial charge in [-0.25, -0.2) is 13.4 Å². The van der Waals surface area contributed by atoms with Crippen LogP contribution in [-0.2, 0) is 10.3 Å². The van der Waals surface area contributed by atoms with Crippen LogP contribution in [0.5, 0.6) is 0 Å². The first kappa shape index (κ1) is 9.38. The third-order valence-corrected chi connectivity index (χ3v) is 3.03. The maximum Gasteiger partial charge on any atom is 0.196 e. The summed E-state index contributed by atoms with van der Waals surface area (Å²) in [6.07, 6.45) is 0. The number of hydrogen-bond acceptors (Lipinski definition) is 5. The van der Waals surface area contributed by atoms with E-state index in [0.29, 0.717) is 5.52 Å². The summed E-state index contributed by atoms with van der Waals surface area (Å²) in [5.74, 6) is 0. The highest BCUT2D eigenvalue weighted by Crippen LogP contribution is 2.25. The zero-order valence-corrected chi connectivity index (χ0v) is 8.43. The van der Waals surface area contributed by atoms with Gasteiger partial charge >= 0.3 is 0 Å². The van der Waals surface area contributed by atoms with Crippen LogP contribution in [0.3, 0.4) is 0 Å². The van der Waals surface area contributed by atoms with E-state index in [4.69, 9.17) is 0 Å². The number of fused-ring (bicyclic) bond motifs is 1. The first-order chi connectivity index (χ1) is 6.54. The molecule has 14 heavy (non-hydrogen) atoms. The molecule has 0 amide bonds. The van der Waals surface area contributed by atoms with Crippen molar-refractivity contribution in [2.75, 3.05) is 4.72 Å². The average molecular weight is 229 g/mol. The van der Waals surface area contributed by atoms with Crippen LogP contribution < -0.4 is 4.72 Å². The monoisotopic (exact) mass is 229 g/mol. The molecule has 2 aromatic rings. The Labute approximate surface area is 84.3 Å². The highest BCUT2D eigenvalue weighted by Gasteiger charge is 2.03. The molecule has 7 heteroatoms. The second kappa shape index (κ2) is 3.19. The summed E-state index contributed by atoms with van der Waals surface area (Å²) in [4.78, 5) is 3.93. The molecule has 1 N–H and O–H groups in total. The summed E-state index contributed by atoms with van der Waals surface area (Å²) in [7, 11) is -4.48. The number of aromatic nitrogens is 1. The molecule has 0 aliphatic carbocycles. The Kier molecular flexibility index (Phi) is 2.14. The van der Waals surface area contributed by atoms with Crippen molar-refractivity contribution in [2.45, 2.75) is 0 Å². The molecule has 0 fully saturated rings. The number of hydrogen-bond donors (Lipinski definition) is 1. The Morgan fingerprint density at radius 3 is 2.71 bits per heavy atom. The molecular formula is C7H5N2O3S2-. The van der Waals surface area contributed by atoms with Crippen LogP contribution in [0.15, 0.2) is 24.3 Å². The third kappa shape index (κ3) is 2.00. The molecule has 0 saturated heterocycles. The summed E-state index contributed by atoms with van der Waals surface area (Å²) in [6.45, 7) is 0. The highest BCUT2D eigenvalue weighted by atomic mass is 32.2. The molecule has 0 atom stereocenters. The Bertz CT molecular complexity index is 528. The number of nitrogens with one attached hydrogen (secondary N) is 1. The van der Waals surface area contributed by atoms with Crippen molar-refractivity contribution in [3.05, 3.63) is 24.3 Å². The number of rotatable bonds is 2. The Morgan fingerprint density at radius 1 is 1.36 bits per heavy atom. The van der Waals surface area contributed by atoms with Crippen molar-refractivity contribution in [2.24, 2.45) is 0 Å². The standard InChI is InChI=1S/C7H6N2O3S2/c10-14(11,12)9-7-8-5-3-1-2-4-6(5)13-7/h1-4H,(H,8,9)(H,10,11,12)/p-1. The largest absolute Gasteiger partial charge is 0.731 e. The molecule has 5 nitrogen and oxygen atoms in total. The first-order valence-electron chi connectivity index (χ1n) is 3.64. The maximum absolute atomic E-state index is 10.4. The summed E-state index contributed by atoms with van der Waals surface area (Å²) >= 11 is 1.12. The molecule has 0 bridgehead atoms. The van der Waals surface area contributed by atoms with Crippen molar-refractivity contribution in [1.29, 1.82) is 0 Å². The minimum absolute atomic E-state index is 0.0983. The van der Waals surface area contributed by atoms with E-state index >= 15 is 0 Å². The summed E-state index contributed by atoms with van der Waals surface area (Å²) in [5, 5.41) is 0.0983. The van der Waals surface area contributed by atoms with Gasteiger partial charge in [0, 0.05) is 0 Å². The zero-order chi connectivity index (χ0) is 10.2. The molecule has 1 aromatic carbocycles. The lowest BCUT2D eigenvalue weighted by atomic mass is 10.3. The van der Waals surface area contributed by atoms with Gasteiger partial charge in [0.15, 0.2) is 15.4 Å². The minimum Gasteiger partial charge on any atom is -0.731 e.